The fourth-order valence-electron chi connectivity index (χ4n) is 3.20. The number of H-pyrrole nitrogens is 1. The highest BCUT2D eigenvalue weighted by Gasteiger charge is 2.18. The molecule has 10 nitrogen and oxygen atoms in total. The maximum absolute atomic E-state index is 12.9. The van der Waals surface area contributed by atoms with Gasteiger partial charge < -0.3 is 20.2 Å². The van der Waals surface area contributed by atoms with E-state index in [0.29, 0.717) is 11.4 Å². The number of ether oxygens (including phenoxy) is 2. The average Bonchev–Trinajstić information content (AvgIpc) is 3.38. The lowest BCUT2D eigenvalue weighted by molar-refractivity contribution is -0.148. The van der Waals surface area contributed by atoms with Crippen molar-refractivity contribution in [3.63, 3.8) is 0 Å². The second-order valence-corrected chi connectivity index (χ2v) is 8.01. The lowest BCUT2D eigenvalue weighted by Gasteiger charge is -2.14. The van der Waals surface area contributed by atoms with Crippen molar-refractivity contribution >= 4 is 22.9 Å². The maximum Gasteiger partial charge on any atom is 0.323 e. The van der Waals surface area contributed by atoms with Crippen molar-refractivity contribution in [2.24, 2.45) is 11.7 Å². The van der Waals surface area contributed by atoms with Crippen molar-refractivity contribution in [2.45, 2.75) is 33.5 Å². The Morgan fingerprint density at radius 2 is 1.97 bits per heavy atom. The third-order valence-corrected chi connectivity index (χ3v) is 5.23. The minimum Gasteiger partial charge on any atom is -0.462 e. The zero-order valence-corrected chi connectivity index (χ0v) is 18.2. The minimum atomic E-state index is -0.655. The summed E-state index contributed by atoms with van der Waals surface area (Å²) in [5.41, 5.74) is 9.03. The summed E-state index contributed by atoms with van der Waals surface area (Å²) in [4.78, 5) is 36.6. The summed E-state index contributed by atoms with van der Waals surface area (Å²) in [5, 5.41) is 0. The lowest BCUT2D eigenvalue weighted by atomic mass is 10.1. The minimum absolute atomic E-state index is 0.00214. The van der Waals surface area contributed by atoms with Crippen LogP contribution in [0.15, 0.2) is 41.6 Å². The van der Waals surface area contributed by atoms with Gasteiger partial charge in [0.2, 0.25) is 5.78 Å². The molecule has 0 fully saturated rings. The summed E-state index contributed by atoms with van der Waals surface area (Å²) in [6.07, 6.45) is 3.22. The van der Waals surface area contributed by atoms with E-state index in [0.717, 1.165) is 16.8 Å². The van der Waals surface area contributed by atoms with Crippen LogP contribution in [0.5, 0.6) is 0 Å². The summed E-state index contributed by atoms with van der Waals surface area (Å²) < 4.78 is 13.8. The molecular formula is C22H26N6O4. The van der Waals surface area contributed by atoms with E-state index in [1.807, 2.05) is 45.0 Å². The molecule has 3 N–H and O–H groups in total. The van der Waals surface area contributed by atoms with Crippen molar-refractivity contribution in [1.82, 2.24) is 23.9 Å². The molecule has 0 radical (unpaired) electrons. The number of aromatic amines is 1. The fraction of sp³-hybridized carbons (Fsp3) is 0.364. The Hall–Kier alpha value is -3.50. The summed E-state index contributed by atoms with van der Waals surface area (Å²) in [6.45, 7) is 6.10. The number of benzene rings is 1. The van der Waals surface area contributed by atoms with Crippen molar-refractivity contribution < 1.29 is 14.3 Å². The van der Waals surface area contributed by atoms with E-state index < -0.39 is 12.0 Å². The molecule has 0 unspecified atom stereocenters. The SMILES string of the molecule is Cc1ccc(-c2cn3c(=O)c4ncn(COCCOC(=O)[C@H](N)C(C)C)c4nc3[nH]2)cc1. The van der Waals surface area contributed by atoms with Gasteiger partial charge in [0.25, 0.3) is 5.56 Å². The van der Waals surface area contributed by atoms with Gasteiger partial charge >= 0.3 is 5.97 Å². The topological polar surface area (TPSA) is 130 Å². The second-order valence-electron chi connectivity index (χ2n) is 8.01. The number of hydrogen-bond acceptors (Lipinski definition) is 7. The molecular weight excluding hydrogens is 412 g/mol. The van der Waals surface area contributed by atoms with E-state index in [1.165, 1.54) is 10.7 Å². The molecule has 168 valence electrons. The number of nitrogens with one attached hydrogen (secondary N) is 1. The van der Waals surface area contributed by atoms with Crippen LogP contribution in [0.25, 0.3) is 28.2 Å². The molecule has 0 bridgehead atoms. The van der Waals surface area contributed by atoms with E-state index in [4.69, 9.17) is 15.2 Å². The first-order chi connectivity index (χ1) is 15.3. The standard InChI is InChI=1S/C22H26N6O4/c1-13(2)17(23)21(30)32-9-8-31-12-27-11-24-18-19(27)26-22-25-16(10-28(22)20(18)29)15-6-4-14(3)5-7-15/h4-7,10-11,13,17H,8-9,12,23H2,1-3H3,(H,25,26)/t17-/m1/s1. The van der Waals surface area contributed by atoms with E-state index in [9.17, 15) is 9.59 Å². The van der Waals surface area contributed by atoms with Gasteiger partial charge in [-0.05, 0) is 18.4 Å². The number of nitrogens with zero attached hydrogens (tertiary/aromatic N) is 4. The van der Waals surface area contributed by atoms with Gasteiger partial charge in [0.1, 0.15) is 19.4 Å². The fourth-order valence-corrected chi connectivity index (χ4v) is 3.20. The molecule has 3 heterocycles. The highest BCUT2D eigenvalue weighted by molar-refractivity contribution is 5.75. The zero-order chi connectivity index (χ0) is 22.8. The predicted molar refractivity (Wildman–Crippen MR) is 119 cm³/mol. The van der Waals surface area contributed by atoms with Gasteiger partial charge in [-0.25, -0.2) is 9.38 Å². The van der Waals surface area contributed by atoms with Crippen molar-refractivity contribution in [2.75, 3.05) is 13.2 Å². The molecule has 0 aliphatic heterocycles. The number of hydrogen-bond donors (Lipinski definition) is 2. The third-order valence-electron chi connectivity index (χ3n) is 5.23. The third kappa shape index (κ3) is 4.27. The zero-order valence-electron chi connectivity index (χ0n) is 18.2. The quantitative estimate of drug-likeness (QED) is 0.317. The van der Waals surface area contributed by atoms with Crippen molar-refractivity contribution in [3.8, 4) is 11.3 Å². The molecule has 0 aliphatic rings. The van der Waals surface area contributed by atoms with Crippen LogP contribution in [-0.4, -0.2) is 49.1 Å². The first-order valence-corrected chi connectivity index (χ1v) is 10.4. The van der Waals surface area contributed by atoms with Crippen LogP contribution in [0.4, 0.5) is 0 Å². The summed E-state index contributed by atoms with van der Waals surface area (Å²) in [7, 11) is 0. The molecule has 4 rings (SSSR count). The smallest absolute Gasteiger partial charge is 0.323 e. The monoisotopic (exact) mass is 438 g/mol. The number of fused-ring (bicyclic) bond motifs is 2. The Balaban J connectivity index is 1.47. The molecule has 3 aromatic heterocycles. The highest BCUT2D eigenvalue weighted by atomic mass is 16.6. The van der Waals surface area contributed by atoms with E-state index in [-0.39, 0.29) is 36.9 Å². The number of imidazole rings is 2. The van der Waals surface area contributed by atoms with Gasteiger partial charge in [-0.3, -0.25) is 14.2 Å². The normalized spacial score (nSPS) is 12.7. The van der Waals surface area contributed by atoms with Gasteiger partial charge in [-0.1, -0.05) is 43.7 Å². The molecule has 4 aromatic rings. The predicted octanol–water partition coefficient (Wildman–Crippen LogP) is 1.85. The Morgan fingerprint density at radius 3 is 2.69 bits per heavy atom. The van der Waals surface area contributed by atoms with Gasteiger partial charge in [0.05, 0.1) is 18.6 Å². The molecule has 10 heteroatoms. The van der Waals surface area contributed by atoms with Gasteiger partial charge in [0, 0.05) is 6.20 Å². The molecule has 1 aromatic carbocycles. The second kappa shape index (κ2) is 8.93. The van der Waals surface area contributed by atoms with Crippen LogP contribution < -0.4 is 11.3 Å². The number of aryl methyl sites for hydroxylation is 1. The largest absolute Gasteiger partial charge is 0.462 e. The van der Waals surface area contributed by atoms with Crippen LogP contribution in [0.1, 0.15) is 19.4 Å². The Labute approximate surface area is 184 Å². The van der Waals surface area contributed by atoms with E-state index >= 15 is 0 Å². The number of carbonyl (C=O) groups is 1. The number of esters is 1. The van der Waals surface area contributed by atoms with E-state index in [1.54, 1.807) is 10.8 Å². The number of carbonyl (C=O) groups excluding carboxylic acids is 1. The van der Waals surface area contributed by atoms with Crippen molar-refractivity contribution in [3.05, 3.63) is 52.7 Å². The number of rotatable bonds is 8. The average molecular weight is 438 g/mol. The Kier molecular flexibility index (Phi) is 6.06. The molecule has 0 saturated carbocycles. The summed E-state index contributed by atoms with van der Waals surface area (Å²) in [5.74, 6) is -0.0383. The molecule has 0 saturated heterocycles. The maximum atomic E-state index is 12.9. The first kappa shape index (κ1) is 21.7. The lowest BCUT2D eigenvalue weighted by Crippen LogP contribution is -2.37. The molecule has 0 aliphatic carbocycles. The number of aromatic nitrogens is 5. The molecule has 1 atom stereocenters. The van der Waals surface area contributed by atoms with Crippen LogP contribution in [0.2, 0.25) is 0 Å². The van der Waals surface area contributed by atoms with Crippen LogP contribution in [0, 0.1) is 12.8 Å². The Bertz CT molecular complexity index is 1300. The first-order valence-electron chi connectivity index (χ1n) is 10.4. The Morgan fingerprint density at radius 1 is 1.22 bits per heavy atom. The van der Waals surface area contributed by atoms with Crippen LogP contribution in [0.3, 0.4) is 0 Å². The van der Waals surface area contributed by atoms with Gasteiger partial charge in [0.15, 0.2) is 11.2 Å². The van der Waals surface area contributed by atoms with Crippen LogP contribution >= 0.6 is 0 Å². The van der Waals surface area contributed by atoms with Gasteiger partial charge in [-0.2, -0.15) is 4.98 Å². The summed E-state index contributed by atoms with van der Waals surface area (Å²) >= 11 is 0. The highest BCUT2D eigenvalue weighted by Crippen LogP contribution is 2.19. The van der Waals surface area contributed by atoms with Gasteiger partial charge in [-0.15, -0.1) is 0 Å². The van der Waals surface area contributed by atoms with Crippen molar-refractivity contribution in [1.29, 1.82) is 0 Å². The summed E-state index contributed by atoms with van der Waals surface area (Å²) in [6, 6.07) is 7.33. The molecule has 32 heavy (non-hydrogen) atoms. The molecule has 0 amide bonds. The molecule has 0 spiro atoms. The van der Waals surface area contributed by atoms with E-state index in [2.05, 4.69) is 15.0 Å². The number of nitrogens with two attached hydrogens (primary N) is 1. The van der Waals surface area contributed by atoms with Crippen LogP contribution in [-0.2, 0) is 21.0 Å².